The average molecular weight is 470 g/mol. The molecule has 0 heterocycles. The van der Waals surface area contributed by atoms with E-state index >= 15 is 0 Å². The lowest BCUT2D eigenvalue weighted by molar-refractivity contribution is 0.0450. The monoisotopic (exact) mass is 469 g/mol. The Balaban J connectivity index is 0. The molecular weight excluding hydrogens is 416 g/mol. The minimum absolute atomic E-state index is 0.123. The molecule has 0 unspecified atom stereocenters. The van der Waals surface area contributed by atoms with Gasteiger partial charge in [-0.1, -0.05) is 121 Å². The van der Waals surface area contributed by atoms with E-state index in [2.05, 4.69) is 19.1 Å². The molecule has 1 radical (unpaired) electrons. The third kappa shape index (κ3) is 31.0. The molecule has 5 heteroatoms. The third-order valence-electron chi connectivity index (χ3n) is 5.24. The predicted octanol–water partition coefficient (Wildman–Crippen LogP) is 6.45. The predicted molar refractivity (Wildman–Crippen MR) is 138 cm³/mol. The van der Waals surface area contributed by atoms with Crippen LogP contribution >= 0.6 is 0 Å². The second-order valence-electron chi connectivity index (χ2n) is 8.44. The van der Waals surface area contributed by atoms with E-state index in [9.17, 15) is 5.11 Å². The van der Waals surface area contributed by atoms with Crippen LogP contribution in [0.2, 0.25) is 0 Å². The highest BCUT2D eigenvalue weighted by Crippen LogP contribution is 2.12. The highest BCUT2D eigenvalue weighted by atomic mass is 16.5. The first-order chi connectivity index (χ1) is 16.2. The summed E-state index contributed by atoms with van der Waals surface area (Å²) in [5, 5.41) is 34.2. The SMILES string of the molecule is CCCCCCCCCCCCCCCC[O].CCOCc1ccccc1.OCC(O)CO. The Labute approximate surface area is 204 Å². The van der Waals surface area contributed by atoms with E-state index in [-0.39, 0.29) is 19.8 Å². The summed E-state index contributed by atoms with van der Waals surface area (Å²) in [5.41, 5.74) is 1.24. The normalized spacial score (nSPS) is 10.4. The molecule has 0 fully saturated rings. The van der Waals surface area contributed by atoms with Gasteiger partial charge in [-0.3, -0.25) is 0 Å². The quantitative estimate of drug-likeness (QED) is 0.203. The van der Waals surface area contributed by atoms with E-state index < -0.39 is 6.10 Å². The zero-order valence-electron chi connectivity index (χ0n) is 21.6. The fourth-order valence-corrected chi connectivity index (χ4v) is 3.15. The molecule has 0 saturated carbocycles. The largest absolute Gasteiger partial charge is 0.394 e. The van der Waals surface area contributed by atoms with Crippen molar-refractivity contribution in [2.45, 2.75) is 116 Å². The van der Waals surface area contributed by atoms with Gasteiger partial charge in [0.2, 0.25) is 0 Å². The average Bonchev–Trinajstić information content (AvgIpc) is 2.86. The van der Waals surface area contributed by atoms with Gasteiger partial charge in [-0.05, 0) is 18.9 Å². The molecule has 0 amide bonds. The van der Waals surface area contributed by atoms with Gasteiger partial charge in [-0.2, -0.15) is 0 Å². The first-order valence-electron chi connectivity index (χ1n) is 13.3. The third-order valence-corrected chi connectivity index (χ3v) is 5.24. The Morgan fingerprint density at radius 2 is 1.12 bits per heavy atom. The van der Waals surface area contributed by atoms with Crippen molar-refractivity contribution >= 4 is 0 Å². The van der Waals surface area contributed by atoms with Crippen LogP contribution in [0.15, 0.2) is 30.3 Å². The van der Waals surface area contributed by atoms with Crippen molar-refractivity contribution < 1.29 is 25.2 Å². The summed E-state index contributed by atoms with van der Waals surface area (Å²) in [4.78, 5) is 0. The molecule has 195 valence electrons. The van der Waals surface area contributed by atoms with Crippen LogP contribution in [0.4, 0.5) is 0 Å². The Morgan fingerprint density at radius 1 is 0.697 bits per heavy atom. The van der Waals surface area contributed by atoms with Crippen LogP contribution in [0.1, 0.15) is 109 Å². The molecule has 1 aromatic rings. The van der Waals surface area contributed by atoms with E-state index in [1.165, 1.54) is 82.6 Å². The zero-order valence-corrected chi connectivity index (χ0v) is 21.6. The lowest BCUT2D eigenvalue weighted by Crippen LogP contribution is -2.15. The molecule has 0 bridgehead atoms. The standard InChI is InChI=1S/C16H33O.C9H12O.C3H8O3/c1-2-3-4-5-6-7-8-9-10-11-12-13-14-15-16-17;1-2-10-8-9-6-4-3-5-7-9;4-1-3(6)2-5/h2-16H2,1H3;3-7H,2,8H2,1H3;3-6H,1-2H2. The first kappa shape index (κ1) is 34.2. The van der Waals surface area contributed by atoms with Crippen molar-refractivity contribution in [2.24, 2.45) is 0 Å². The summed E-state index contributed by atoms with van der Waals surface area (Å²) < 4.78 is 5.22. The van der Waals surface area contributed by atoms with Crippen molar-refractivity contribution in [3.63, 3.8) is 0 Å². The van der Waals surface area contributed by atoms with Crippen molar-refractivity contribution in [1.29, 1.82) is 0 Å². The van der Waals surface area contributed by atoms with Crippen LogP contribution in [-0.2, 0) is 16.5 Å². The van der Waals surface area contributed by atoms with Crippen molar-refractivity contribution in [2.75, 3.05) is 26.4 Å². The lowest BCUT2D eigenvalue weighted by Gasteiger charge is -2.02. The molecule has 1 rings (SSSR count). The van der Waals surface area contributed by atoms with Crippen LogP contribution in [0, 0.1) is 0 Å². The van der Waals surface area contributed by atoms with Gasteiger partial charge in [-0.15, -0.1) is 0 Å². The maximum Gasteiger partial charge on any atom is 0.100 e. The molecule has 3 N–H and O–H groups in total. The number of ether oxygens (including phenoxy) is 1. The molecule has 1 aromatic carbocycles. The van der Waals surface area contributed by atoms with E-state index in [1.54, 1.807) is 0 Å². The fourth-order valence-electron chi connectivity index (χ4n) is 3.15. The second-order valence-corrected chi connectivity index (χ2v) is 8.44. The van der Waals surface area contributed by atoms with E-state index in [4.69, 9.17) is 20.1 Å². The summed E-state index contributed by atoms with van der Waals surface area (Å²) >= 11 is 0. The van der Waals surface area contributed by atoms with Gasteiger partial charge in [0, 0.05) is 6.61 Å². The highest BCUT2D eigenvalue weighted by molar-refractivity contribution is 5.13. The first-order valence-corrected chi connectivity index (χ1v) is 13.3. The Bertz CT molecular complexity index is 423. The Kier molecular flexibility index (Phi) is 32.1. The fraction of sp³-hybridized carbons (Fsp3) is 0.786. The van der Waals surface area contributed by atoms with Crippen LogP contribution in [0.3, 0.4) is 0 Å². The molecule has 0 aliphatic carbocycles. The van der Waals surface area contributed by atoms with Gasteiger partial charge in [0.15, 0.2) is 0 Å². The van der Waals surface area contributed by atoms with Gasteiger partial charge in [-0.25, -0.2) is 5.11 Å². The van der Waals surface area contributed by atoms with Gasteiger partial charge in [0.1, 0.15) is 6.10 Å². The van der Waals surface area contributed by atoms with Gasteiger partial charge >= 0.3 is 0 Å². The van der Waals surface area contributed by atoms with Crippen LogP contribution in [-0.4, -0.2) is 47.9 Å². The van der Waals surface area contributed by atoms with Crippen LogP contribution in [0.5, 0.6) is 0 Å². The maximum absolute atomic E-state index is 10.2. The Morgan fingerprint density at radius 3 is 1.45 bits per heavy atom. The number of hydrogen-bond donors (Lipinski definition) is 3. The molecule has 0 atom stereocenters. The molecule has 5 nitrogen and oxygen atoms in total. The molecule has 0 aliphatic heterocycles. The van der Waals surface area contributed by atoms with Crippen molar-refractivity contribution in [3.05, 3.63) is 35.9 Å². The van der Waals surface area contributed by atoms with Gasteiger partial charge in [0.25, 0.3) is 0 Å². The number of benzene rings is 1. The molecule has 0 spiro atoms. The molecule has 33 heavy (non-hydrogen) atoms. The molecular formula is C28H53O5. The minimum atomic E-state index is -0.954. The van der Waals surface area contributed by atoms with Gasteiger partial charge in [0.05, 0.1) is 26.4 Å². The highest BCUT2D eigenvalue weighted by Gasteiger charge is 1.94. The summed E-state index contributed by atoms with van der Waals surface area (Å²) in [6, 6.07) is 10.2. The summed E-state index contributed by atoms with van der Waals surface area (Å²) in [6.07, 6.45) is 17.9. The lowest BCUT2D eigenvalue weighted by atomic mass is 10.0. The van der Waals surface area contributed by atoms with E-state index in [0.29, 0.717) is 0 Å². The zero-order chi connectivity index (χ0) is 24.8. The summed E-state index contributed by atoms with van der Waals surface area (Å²) in [5.74, 6) is 0. The second kappa shape index (κ2) is 31.0. The topological polar surface area (TPSA) is 89.8 Å². The molecule has 0 aliphatic rings. The smallest absolute Gasteiger partial charge is 0.100 e. The summed E-state index contributed by atoms with van der Waals surface area (Å²) in [7, 11) is 0. The number of unbranched alkanes of at least 4 members (excludes halogenated alkanes) is 13. The van der Waals surface area contributed by atoms with Crippen LogP contribution < -0.4 is 0 Å². The molecule has 0 saturated heterocycles. The van der Waals surface area contributed by atoms with Gasteiger partial charge < -0.3 is 20.1 Å². The van der Waals surface area contributed by atoms with Crippen LogP contribution in [0.25, 0.3) is 0 Å². The maximum atomic E-state index is 10.2. The number of aliphatic hydroxyl groups excluding tert-OH is 3. The van der Waals surface area contributed by atoms with E-state index in [1.807, 2.05) is 25.1 Å². The number of rotatable bonds is 19. The number of hydrogen-bond acceptors (Lipinski definition) is 4. The van der Waals surface area contributed by atoms with Crippen molar-refractivity contribution in [1.82, 2.24) is 0 Å². The molecule has 0 aromatic heterocycles. The number of aliphatic hydroxyl groups is 3. The Hall–Kier alpha value is -0.980. The summed E-state index contributed by atoms with van der Waals surface area (Å²) in [6.45, 7) is 5.19. The van der Waals surface area contributed by atoms with Crippen molar-refractivity contribution in [3.8, 4) is 0 Å². The van der Waals surface area contributed by atoms with E-state index in [0.717, 1.165) is 26.1 Å². The minimum Gasteiger partial charge on any atom is -0.394 e.